The molecule has 0 spiro atoms. The van der Waals surface area contributed by atoms with Gasteiger partial charge in [-0.3, -0.25) is 4.79 Å². The van der Waals surface area contributed by atoms with Crippen molar-refractivity contribution in [1.29, 1.82) is 0 Å². The molecule has 116 valence electrons. The number of aryl methyl sites for hydroxylation is 1. The van der Waals surface area contributed by atoms with Crippen molar-refractivity contribution in [2.45, 2.75) is 37.5 Å². The highest BCUT2D eigenvalue weighted by atomic mass is 19.4. The number of nitrogens with zero attached hydrogens (tertiary/aromatic N) is 1. The molecule has 0 radical (unpaired) electrons. The molecule has 0 bridgehead atoms. The molecule has 21 heavy (non-hydrogen) atoms. The van der Waals surface area contributed by atoms with Gasteiger partial charge >= 0.3 is 6.18 Å². The van der Waals surface area contributed by atoms with Crippen LogP contribution >= 0.6 is 0 Å². The van der Waals surface area contributed by atoms with Crippen LogP contribution in [0.2, 0.25) is 0 Å². The molecule has 1 N–H and O–H groups in total. The molecule has 1 aromatic rings. The van der Waals surface area contributed by atoms with Crippen molar-refractivity contribution in [2.75, 3.05) is 13.1 Å². The number of halogens is 3. The maximum absolute atomic E-state index is 12.7. The minimum Gasteiger partial charge on any atom is -0.380 e. The average Bonchev–Trinajstić information content (AvgIpc) is 2.45. The predicted octanol–water partition coefficient (Wildman–Crippen LogP) is 2.54. The molecule has 0 saturated carbocycles. The number of hydrogen-bond donors (Lipinski definition) is 1. The first-order valence-corrected chi connectivity index (χ1v) is 6.93. The quantitative estimate of drug-likeness (QED) is 0.932. The van der Waals surface area contributed by atoms with E-state index >= 15 is 0 Å². The fourth-order valence-electron chi connectivity index (χ4n) is 2.46. The molecule has 1 aliphatic rings. The van der Waals surface area contributed by atoms with Gasteiger partial charge in [0.15, 0.2) is 5.60 Å². The van der Waals surface area contributed by atoms with E-state index in [-0.39, 0.29) is 25.4 Å². The lowest BCUT2D eigenvalue weighted by molar-refractivity contribution is -0.272. The van der Waals surface area contributed by atoms with Gasteiger partial charge in [0.2, 0.25) is 5.91 Å². The summed E-state index contributed by atoms with van der Waals surface area (Å²) in [5.74, 6) is -0.164. The Kier molecular flexibility index (Phi) is 4.56. The van der Waals surface area contributed by atoms with E-state index in [4.69, 9.17) is 0 Å². The Bertz CT molecular complexity index is 479. The number of hydrogen-bond acceptors (Lipinski definition) is 2. The second-order valence-electron chi connectivity index (χ2n) is 5.40. The van der Waals surface area contributed by atoms with Crippen molar-refractivity contribution in [3.05, 3.63) is 35.9 Å². The van der Waals surface area contributed by atoms with Gasteiger partial charge < -0.3 is 10.0 Å². The third-order valence-corrected chi connectivity index (χ3v) is 3.94. The molecule has 1 fully saturated rings. The first-order valence-electron chi connectivity index (χ1n) is 6.93. The molecule has 0 aromatic heterocycles. The average molecular weight is 301 g/mol. The Morgan fingerprint density at radius 1 is 1.19 bits per heavy atom. The van der Waals surface area contributed by atoms with Crippen LogP contribution in [-0.2, 0) is 11.2 Å². The van der Waals surface area contributed by atoms with Gasteiger partial charge in [0.25, 0.3) is 0 Å². The summed E-state index contributed by atoms with van der Waals surface area (Å²) in [5.41, 5.74) is -1.63. The Labute approximate surface area is 121 Å². The second kappa shape index (κ2) is 6.05. The van der Waals surface area contributed by atoms with Gasteiger partial charge in [-0.25, -0.2) is 0 Å². The third kappa shape index (κ3) is 3.75. The monoisotopic (exact) mass is 301 g/mol. The van der Waals surface area contributed by atoms with Crippen LogP contribution in [0.1, 0.15) is 24.8 Å². The summed E-state index contributed by atoms with van der Waals surface area (Å²) < 4.78 is 38.0. The summed E-state index contributed by atoms with van der Waals surface area (Å²) in [6, 6.07) is 9.46. The number of rotatable bonds is 3. The van der Waals surface area contributed by atoms with E-state index in [1.165, 1.54) is 4.90 Å². The van der Waals surface area contributed by atoms with E-state index in [0.29, 0.717) is 6.42 Å². The van der Waals surface area contributed by atoms with E-state index in [2.05, 4.69) is 0 Å². The van der Waals surface area contributed by atoms with Crippen LogP contribution in [0.5, 0.6) is 0 Å². The summed E-state index contributed by atoms with van der Waals surface area (Å²) in [4.78, 5) is 13.4. The number of benzene rings is 1. The number of carbonyl (C=O) groups excluding carboxylic acids is 1. The molecule has 0 aliphatic carbocycles. The molecule has 3 nitrogen and oxygen atoms in total. The van der Waals surface area contributed by atoms with Gasteiger partial charge in [-0.1, -0.05) is 30.3 Å². The molecule has 1 amide bonds. The van der Waals surface area contributed by atoms with Crippen molar-refractivity contribution in [3.63, 3.8) is 0 Å². The molecule has 0 unspecified atom stereocenters. The van der Waals surface area contributed by atoms with E-state index in [1.807, 2.05) is 30.3 Å². The summed E-state index contributed by atoms with van der Waals surface area (Å²) in [7, 11) is 0. The molecule has 1 aliphatic heterocycles. The van der Waals surface area contributed by atoms with Crippen LogP contribution in [0.3, 0.4) is 0 Å². The summed E-state index contributed by atoms with van der Waals surface area (Å²) in [6.45, 7) is -0.104. The molecular formula is C15H18F3NO2. The van der Waals surface area contributed by atoms with Crippen molar-refractivity contribution >= 4 is 5.91 Å². The third-order valence-electron chi connectivity index (χ3n) is 3.94. The maximum atomic E-state index is 12.7. The van der Waals surface area contributed by atoms with Crippen LogP contribution in [0.15, 0.2) is 30.3 Å². The number of alkyl halides is 3. The summed E-state index contributed by atoms with van der Waals surface area (Å²) in [6.07, 6.45) is -4.69. The zero-order chi connectivity index (χ0) is 15.5. The summed E-state index contributed by atoms with van der Waals surface area (Å²) >= 11 is 0. The molecule has 1 aromatic carbocycles. The van der Waals surface area contributed by atoms with Gasteiger partial charge in [0.05, 0.1) is 0 Å². The van der Waals surface area contributed by atoms with E-state index in [0.717, 1.165) is 5.56 Å². The lowest BCUT2D eigenvalue weighted by Gasteiger charge is -2.39. The predicted molar refractivity (Wildman–Crippen MR) is 71.6 cm³/mol. The first-order chi connectivity index (χ1) is 9.82. The minimum absolute atomic E-state index is 0.0520. The number of aliphatic hydroxyl groups is 1. The largest absolute Gasteiger partial charge is 0.417 e. The molecule has 6 heteroatoms. The summed E-state index contributed by atoms with van der Waals surface area (Å²) in [5, 5.41) is 9.55. The van der Waals surface area contributed by atoms with Crippen LogP contribution in [-0.4, -0.2) is 40.8 Å². The lowest BCUT2D eigenvalue weighted by Crippen LogP contribution is -2.54. The molecule has 1 saturated heterocycles. The number of likely N-dealkylation sites (tertiary alicyclic amines) is 1. The standard InChI is InChI=1S/C15H18F3NO2/c16-15(17,18)14(21)8-10-19(11-9-14)13(20)7-6-12-4-2-1-3-5-12/h1-5,21H,6-11H2. The molecule has 0 atom stereocenters. The highest BCUT2D eigenvalue weighted by Crippen LogP contribution is 2.38. The van der Waals surface area contributed by atoms with Gasteiger partial charge in [0, 0.05) is 32.4 Å². The minimum atomic E-state index is -4.63. The highest BCUT2D eigenvalue weighted by molar-refractivity contribution is 5.76. The van der Waals surface area contributed by atoms with Crippen molar-refractivity contribution in [1.82, 2.24) is 4.90 Å². The first kappa shape index (κ1) is 15.8. The Morgan fingerprint density at radius 2 is 1.76 bits per heavy atom. The lowest BCUT2D eigenvalue weighted by atomic mass is 9.90. The fraction of sp³-hybridized carbons (Fsp3) is 0.533. The van der Waals surface area contributed by atoms with E-state index < -0.39 is 24.6 Å². The zero-order valence-electron chi connectivity index (χ0n) is 11.6. The van der Waals surface area contributed by atoms with Crippen molar-refractivity contribution < 1.29 is 23.1 Å². The normalized spacial score (nSPS) is 18.6. The molecular weight excluding hydrogens is 283 g/mol. The van der Waals surface area contributed by atoms with Gasteiger partial charge in [0.1, 0.15) is 0 Å². The number of carbonyl (C=O) groups is 1. The zero-order valence-corrected chi connectivity index (χ0v) is 11.6. The Morgan fingerprint density at radius 3 is 2.29 bits per heavy atom. The highest BCUT2D eigenvalue weighted by Gasteiger charge is 2.54. The van der Waals surface area contributed by atoms with Crippen molar-refractivity contribution in [2.24, 2.45) is 0 Å². The SMILES string of the molecule is O=C(CCc1ccccc1)N1CCC(O)(C(F)(F)F)CC1. The number of amides is 1. The Hall–Kier alpha value is -1.56. The van der Waals surface area contributed by atoms with Gasteiger partial charge in [-0.15, -0.1) is 0 Å². The fourth-order valence-corrected chi connectivity index (χ4v) is 2.46. The topological polar surface area (TPSA) is 40.5 Å². The van der Waals surface area contributed by atoms with E-state index in [9.17, 15) is 23.1 Å². The molecule has 2 rings (SSSR count). The van der Waals surface area contributed by atoms with E-state index in [1.54, 1.807) is 0 Å². The maximum Gasteiger partial charge on any atom is 0.417 e. The van der Waals surface area contributed by atoms with Gasteiger partial charge in [-0.2, -0.15) is 13.2 Å². The van der Waals surface area contributed by atoms with Gasteiger partial charge in [-0.05, 0) is 12.0 Å². The van der Waals surface area contributed by atoms with Crippen molar-refractivity contribution in [3.8, 4) is 0 Å². The number of piperidine rings is 1. The van der Waals surface area contributed by atoms with Crippen LogP contribution in [0, 0.1) is 0 Å². The smallest absolute Gasteiger partial charge is 0.380 e. The second-order valence-corrected chi connectivity index (χ2v) is 5.40. The van der Waals surface area contributed by atoms with Crippen LogP contribution in [0.4, 0.5) is 13.2 Å². The Balaban J connectivity index is 1.84. The van der Waals surface area contributed by atoms with Crippen LogP contribution in [0.25, 0.3) is 0 Å². The van der Waals surface area contributed by atoms with Crippen LogP contribution < -0.4 is 0 Å². The molecule has 1 heterocycles.